The van der Waals surface area contributed by atoms with Crippen LogP contribution in [-0.4, -0.2) is 34.5 Å². The van der Waals surface area contributed by atoms with Crippen molar-refractivity contribution in [1.82, 2.24) is 15.6 Å². The normalized spacial score (nSPS) is 10.1. The Labute approximate surface area is 126 Å². The summed E-state index contributed by atoms with van der Waals surface area (Å²) in [6.45, 7) is 2.31. The number of nitrogens with zero attached hydrogens (tertiary/aromatic N) is 1. The van der Waals surface area contributed by atoms with E-state index in [0.717, 1.165) is 10.7 Å². The number of hydrogen-bond acceptors (Lipinski definition) is 5. The van der Waals surface area contributed by atoms with Gasteiger partial charge in [-0.1, -0.05) is 0 Å². The van der Waals surface area contributed by atoms with E-state index in [1.165, 1.54) is 11.3 Å². The number of thiazole rings is 1. The lowest BCUT2D eigenvalue weighted by Gasteiger charge is -2.05. The number of carboxylic acid groups (broad SMARTS) is 1. The first-order valence-electron chi connectivity index (χ1n) is 6.68. The van der Waals surface area contributed by atoms with Crippen molar-refractivity contribution in [1.29, 1.82) is 0 Å². The van der Waals surface area contributed by atoms with Gasteiger partial charge >= 0.3 is 12.0 Å². The standard InChI is InChI=1S/C13H19N3O4S/c1-9-8-21-11(15-9)6-7-14-13(20)16-10(17)4-2-3-5-12(18)19/h8H,2-7H2,1H3,(H,18,19)(H2,14,16,17,20). The van der Waals surface area contributed by atoms with Gasteiger partial charge < -0.3 is 10.4 Å². The maximum Gasteiger partial charge on any atom is 0.321 e. The summed E-state index contributed by atoms with van der Waals surface area (Å²) >= 11 is 1.53. The van der Waals surface area contributed by atoms with E-state index in [2.05, 4.69) is 15.6 Å². The Hall–Kier alpha value is -1.96. The van der Waals surface area contributed by atoms with Gasteiger partial charge in [0.05, 0.1) is 5.01 Å². The van der Waals surface area contributed by atoms with Crippen molar-refractivity contribution < 1.29 is 19.5 Å². The number of carboxylic acids is 1. The molecule has 0 atom stereocenters. The molecule has 0 bridgehead atoms. The van der Waals surface area contributed by atoms with Crippen molar-refractivity contribution in [3.05, 3.63) is 16.1 Å². The number of aliphatic carboxylic acids is 1. The number of urea groups is 1. The highest BCUT2D eigenvalue weighted by Crippen LogP contribution is 2.08. The minimum absolute atomic E-state index is 0.0344. The quantitative estimate of drug-likeness (QED) is 0.630. The van der Waals surface area contributed by atoms with E-state index < -0.39 is 17.9 Å². The van der Waals surface area contributed by atoms with Crippen LogP contribution in [0.2, 0.25) is 0 Å². The van der Waals surface area contributed by atoms with Gasteiger partial charge in [-0.25, -0.2) is 9.78 Å². The summed E-state index contributed by atoms with van der Waals surface area (Å²) in [6.07, 6.45) is 1.68. The second-order valence-corrected chi connectivity index (χ2v) is 5.48. The first-order chi connectivity index (χ1) is 9.97. The summed E-state index contributed by atoms with van der Waals surface area (Å²) < 4.78 is 0. The number of amides is 3. The highest BCUT2D eigenvalue weighted by Gasteiger charge is 2.08. The Balaban J connectivity index is 2.09. The number of carbonyl (C=O) groups excluding carboxylic acids is 2. The van der Waals surface area contributed by atoms with E-state index in [9.17, 15) is 14.4 Å². The molecule has 116 valence electrons. The fourth-order valence-electron chi connectivity index (χ4n) is 1.60. The lowest BCUT2D eigenvalue weighted by molar-refractivity contribution is -0.137. The first-order valence-corrected chi connectivity index (χ1v) is 7.56. The van der Waals surface area contributed by atoms with E-state index >= 15 is 0 Å². The summed E-state index contributed by atoms with van der Waals surface area (Å²) in [5.74, 6) is -1.28. The summed E-state index contributed by atoms with van der Waals surface area (Å²) in [7, 11) is 0. The molecule has 3 N–H and O–H groups in total. The second kappa shape index (κ2) is 9.06. The van der Waals surface area contributed by atoms with Gasteiger partial charge in [0.15, 0.2) is 0 Å². The smallest absolute Gasteiger partial charge is 0.321 e. The Morgan fingerprint density at radius 3 is 2.62 bits per heavy atom. The molecule has 0 radical (unpaired) electrons. The third-order valence-corrected chi connectivity index (χ3v) is 3.61. The minimum atomic E-state index is -0.884. The van der Waals surface area contributed by atoms with Crippen LogP contribution in [0, 0.1) is 6.92 Å². The fraction of sp³-hybridized carbons (Fsp3) is 0.538. The third-order valence-electron chi connectivity index (χ3n) is 2.59. The Morgan fingerprint density at radius 2 is 2.00 bits per heavy atom. The maximum atomic E-state index is 11.4. The molecule has 1 heterocycles. The zero-order valence-corrected chi connectivity index (χ0v) is 12.7. The van der Waals surface area contributed by atoms with Crippen molar-refractivity contribution in [2.45, 2.75) is 39.0 Å². The van der Waals surface area contributed by atoms with E-state index in [1.807, 2.05) is 12.3 Å². The maximum absolute atomic E-state index is 11.4. The lowest BCUT2D eigenvalue weighted by Crippen LogP contribution is -2.40. The molecular weight excluding hydrogens is 294 g/mol. The molecular formula is C13H19N3O4S. The first kappa shape index (κ1) is 17.1. The van der Waals surface area contributed by atoms with Crippen molar-refractivity contribution in [3.63, 3.8) is 0 Å². The molecule has 0 aliphatic heterocycles. The summed E-state index contributed by atoms with van der Waals surface area (Å²) in [6, 6.07) is -0.536. The van der Waals surface area contributed by atoms with Crippen molar-refractivity contribution in [2.24, 2.45) is 0 Å². The Morgan fingerprint density at radius 1 is 1.29 bits per heavy atom. The predicted octanol–water partition coefficient (Wildman–Crippen LogP) is 1.46. The van der Waals surface area contributed by atoms with Gasteiger partial charge in [-0.2, -0.15) is 0 Å². The molecule has 1 rings (SSSR count). The lowest BCUT2D eigenvalue weighted by atomic mass is 10.2. The molecule has 1 aromatic heterocycles. The number of imide groups is 1. The Bertz CT molecular complexity index is 501. The zero-order chi connectivity index (χ0) is 15.7. The number of nitrogens with one attached hydrogen (secondary N) is 2. The molecule has 0 unspecified atom stereocenters. The number of unbranched alkanes of at least 4 members (excludes halogenated alkanes) is 1. The molecule has 0 spiro atoms. The number of rotatable bonds is 8. The molecule has 0 fully saturated rings. The minimum Gasteiger partial charge on any atom is -0.481 e. The van der Waals surface area contributed by atoms with E-state index in [-0.39, 0.29) is 12.8 Å². The largest absolute Gasteiger partial charge is 0.481 e. The van der Waals surface area contributed by atoms with Crippen LogP contribution in [0.1, 0.15) is 36.4 Å². The Kier molecular flexibility index (Phi) is 7.38. The van der Waals surface area contributed by atoms with Gasteiger partial charge in [0.2, 0.25) is 5.91 Å². The van der Waals surface area contributed by atoms with Gasteiger partial charge in [0.1, 0.15) is 0 Å². The predicted molar refractivity (Wildman–Crippen MR) is 78.2 cm³/mol. The molecule has 0 aliphatic carbocycles. The van der Waals surface area contributed by atoms with Crippen LogP contribution in [0.15, 0.2) is 5.38 Å². The molecule has 0 saturated heterocycles. The number of carbonyl (C=O) groups is 3. The van der Waals surface area contributed by atoms with Crippen LogP contribution in [-0.2, 0) is 16.0 Å². The van der Waals surface area contributed by atoms with Gasteiger partial charge in [0.25, 0.3) is 0 Å². The third kappa shape index (κ3) is 8.03. The highest BCUT2D eigenvalue weighted by atomic mass is 32.1. The molecule has 3 amide bonds. The molecule has 0 aliphatic rings. The van der Waals surface area contributed by atoms with Crippen LogP contribution in [0.4, 0.5) is 4.79 Å². The number of aromatic nitrogens is 1. The zero-order valence-electron chi connectivity index (χ0n) is 11.8. The molecule has 0 aromatic carbocycles. The van der Waals surface area contributed by atoms with E-state index in [4.69, 9.17) is 5.11 Å². The van der Waals surface area contributed by atoms with Crippen LogP contribution >= 0.6 is 11.3 Å². The van der Waals surface area contributed by atoms with Crippen LogP contribution in [0.25, 0.3) is 0 Å². The van der Waals surface area contributed by atoms with Crippen molar-refractivity contribution in [2.75, 3.05) is 6.54 Å². The van der Waals surface area contributed by atoms with Crippen LogP contribution in [0.3, 0.4) is 0 Å². The topological polar surface area (TPSA) is 108 Å². The van der Waals surface area contributed by atoms with Gasteiger partial charge in [-0.15, -0.1) is 11.3 Å². The summed E-state index contributed by atoms with van der Waals surface area (Å²) in [5, 5.41) is 16.1. The number of hydrogen-bond donors (Lipinski definition) is 3. The van der Waals surface area contributed by atoms with Gasteiger partial charge in [-0.05, 0) is 19.8 Å². The fourth-order valence-corrected chi connectivity index (χ4v) is 2.37. The van der Waals surface area contributed by atoms with Crippen molar-refractivity contribution >= 4 is 29.2 Å². The highest BCUT2D eigenvalue weighted by molar-refractivity contribution is 7.09. The molecule has 21 heavy (non-hydrogen) atoms. The second-order valence-electron chi connectivity index (χ2n) is 4.54. The van der Waals surface area contributed by atoms with Crippen LogP contribution in [0.5, 0.6) is 0 Å². The molecule has 1 aromatic rings. The number of aryl methyl sites for hydroxylation is 1. The SMILES string of the molecule is Cc1csc(CCNC(=O)NC(=O)CCCCC(=O)O)n1. The van der Waals surface area contributed by atoms with E-state index in [1.54, 1.807) is 0 Å². The van der Waals surface area contributed by atoms with Gasteiger partial charge in [-0.3, -0.25) is 14.9 Å². The van der Waals surface area contributed by atoms with Crippen molar-refractivity contribution in [3.8, 4) is 0 Å². The van der Waals surface area contributed by atoms with Gasteiger partial charge in [0, 0.05) is 36.9 Å². The van der Waals surface area contributed by atoms with E-state index in [0.29, 0.717) is 25.8 Å². The summed E-state index contributed by atoms with van der Waals surface area (Å²) in [4.78, 5) is 37.4. The molecule has 8 heteroatoms. The molecule has 7 nitrogen and oxygen atoms in total. The average Bonchev–Trinajstić information content (AvgIpc) is 2.80. The molecule has 0 saturated carbocycles. The summed E-state index contributed by atoms with van der Waals surface area (Å²) in [5.41, 5.74) is 0.955. The average molecular weight is 313 g/mol. The monoisotopic (exact) mass is 313 g/mol. The van der Waals surface area contributed by atoms with Crippen LogP contribution < -0.4 is 10.6 Å².